The third kappa shape index (κ3) is 52.4. The Morgan fingerprint density at radius 1 is 0.424 bits per heavy atom. The van der Waals surface area contributed by atoms with Crippen molar-refractivity contribution in [3.63, 3.8) is 0 Å². The summed E-state index contributed by atoms with van der Waals surface area (Å²) in [6.07, 6.45) is 71.8. The number of carbonyl (C=O) groups is 2. The van der Waals surface area contributed by atoms with Gasteiger partial charge in [0.2, 0.25) is 5.91 Å². The van der Waals surface area contributed by atoms with Gasteiger partial charge in [0.15, 0.2) is 6.29 Å². The normalized spacial score (nSPS) is 18.1. The van der Waals surface area contributed by atoms with Gasteiger partial charge in [-0.05, 0) is 70.6 Å². The van der Waals surface area contributed by atoms with Crippen molar-refractivity contribution in [3.8, 4) is 0 Å². The average Bonchev–Trinajstić information content (AvgIpc) is 3.70. The third-order valence-corrected chi connectivity index (χ3v) is 17.5. The second-order valence-corrected chi connectivity index (χ2v) is 25.6. The molecule has 0 aromatic rings. The number of hydrogen-bond acceptors (Lipinski definition) is 10. The number of esters is 1. The molecule has 7 atom stereocenters. The Morgan fingerprint density at radius 2 is 0.765 bits per heavy atom. The van der Waals surface area contributed by atoms with Crippen molar-refractivity contribution in [2.24, 2.45) is 0 Å². The van der Waals surface area contributed by atoms with Crippen LogP contribution in [0, 0.1) is 0 Å². The summed E-state index contributed by atoms with van der Waals surface area (Å²) < 4.78 is 16.7. The Bertz CT molecular complexity index is 1510. The van der Waals surface area contributed by atoms with Crippen LogP contribution in [0.25, 0.3) is 0 Å². The highest BCUT2D eigenvalue weighted by atomic mass is 16.7. The van der Waals surface area contributed by atoms with Gasteiger partial charge in [0, 0.05) is 12.8 Å². The van der Waals surface area contributed by atoms with Crippen LogP contribution in [-0.2, 0) is 23.8 Å². The summed E-state index contributed by atoms with van der Waals surface area (Å²) in [6, 6.07) is -0.824. The number of nitrogens with one attached hydrogen (secondary N) is 1. The second kappa shape index (κ2) is 63.4. The molecule has 0 radical (unpaired) electrons. The molecule has 500 valence electrons. The first-order valence-corrected chi connectivity index (χ1v) is 36.8. The van der Waals surface area contributed by atoms with Crippen molar-refractivity contribution < 1.29 is 49.3 Å². The summed E-state index contributed by atoms with van der Waals surface area (Å²) in [6.45, 7) is 4.32. The molecule has 1 aliphatic rings. The van der Waals surface area contributed by atoms with Gasteiger partial charge < -0.3 is 45.1 Å². The Balaban J connectivity index is 1.89. The minimum Gasteiger partial charge on any atom is -0.466 e. The minimum atomic E-state index is -1.57. The Hall–Kier alpha value is -2.12. The van der Waals surface area contributed by atoms with E-state index in [4.69, 9.17) is 14.2 Å². The molecule has 1 aliphatic heterocycles. The molecule has 0 bridgehead atoms. The summed E-state index contributed by atoms with van der Waals surface area (Å²) in [5.74, 6) is -0.176. The molecule has 0 aromatic heterocycles. The van der Waals surface area contributed by atoms with Crippen LogP contribution in [0.1, 0.15) is 361 Å². The summed E-state index contributed by atoms with van der Waals surface area (Å²) >= 11 is 0. The molecule has 0 aromatic carbocycles. The van der Waals surface area contributed by atoms with Gasteiger partial charge in [-0.3, -0.25) is 9.59 Å². The fraction of sp³-hybridized carbons (Fsp3) is 0.892. The van der Waals surface area contributed by atoms with Crippen molar-refractivity contribution in [2.45, 2.75) is 403 Å². The molecule has 1 fully saturated rings. The number of hydrogen-bond donors (Lipinski definition) is 6. The zero-order valence-corrected chi connectivity index (χ0v) is 55.6. The van der Waals surface area contributed by atoms with Gasteiger partial charge in [-0.15, -0.1) is 0 Å². The molecule has 1 rings (SSSR count). The van der Waals surface area contributed by atoms with Crippen LogP contribution in [-0.4, -0.2) is 100 Å². The first kappa shape index (κ1) is 80.9. The standard InChI is InChI=1S/C74H139NO10/c1-3-5-7-9-11-13-14-15-16-36-39-42-46-50-54-58-62-70(79)83-63-59-55-51-47-43-40-37-34-32-30-28-26-24-22-20-18-17-19-21-23-25-27-29-31-33-35-38-41-45-49-53-57-61-69(78)75-66(67(77)60-56-52-48-44-12-10-8-6-4-2)65-84-74-73(82)72(81)71(80)68(64-76)85-74/h12,20,22,44,56,60,66-68,71-74,76-77,80-82H,3-11,13-19,21,23-43,45-55,57-59,61-65H2,1-2H3,(H,75,78)/b22-20-,44-12+,60-56+. The number of aliphatic hydroxyl groups is 5. The average molecular weight is 1200 g/mol. The monoisotopic (exact) mass is 1200 g/mol. The van der Waals surface area contributed by atoms with Crippen LogP contribution in [0.15, 0.2) is 36.5 Å². The van der Waals surface area contributed by atoms with E-state index >= 15 is 0 Å². The number of allylic oxidation sites excluding steroid dienone is 5. The number of amides is 1. The van der Waals surface area contributed by atoms with E-state index in [0.717, 1.165) is 51.4 Å². The molecule has 11 nitrogen and oxygen atoms in total. The van der Waals surface area contributed by atoms with Gasteiger partial charge in [0.05, 0.1) is 32.0 Å². The maximum absolute atomic E-state index is 13.0. The predicted molar refractivity (Wildman–Crippen MR) is 357 cm³/mol. The number of unbranched alkanes of at least 4 members (excludes halogenated alkanes) is 47. The summed E-state index contributed by atoms with van der Waals surface area (Å²) in [5.41, 5.74) is 0. The van der Waals surface area contributed by atoms with Crippen LogP contribution in [0.4, 0.5) is 0 Å². The van der Waals surface area contributed by atoms with Crippen molar-refractivity contribution in [1.82, 2.24) is 5.32 Å². The lowest BCUT2D eigenvalue weighted by atomic mass is 9.99. The van der Waals surface area contributed by atoms with Crippen LogP contribution >= 0.6 is 0 Å². The number of ether oxygens (including phenoxy) is 3. The highest BCUT2D eigenvalue weighted by Crippen LogP contribution is 2.23. The molecule has 1 saturated heterocycles. The third-order valence-electron chi connectivity index (χ3n) is 17.5. The Labute approximate surface area is 523 Å². The number of aliphatic hydroxyl groups excluding tert-OH is 5. The fourth-order valence-corrected chi connectivity index (χ4v) is 11.7. The van der Waals surface area contributed by atoms with Crippen LogP contribution in [0.3, 0.4) is 0 Å². The van der Waals surface area contributed by atoms with Crippen molar-refractivity contribution in [1.29, 1.82) is 0 Å². The molecule has 1 amide bonds. The van der Waals surface area contributed by atoms with Gasteiger partial charge in [-0.1, -0.05) is 314 Å². The van der Waals surface area contributed by atoms with E-state index in [1.54, 1.807) is 6.08 Å². The van der Waals surface area contributed by atoms with Gasteiger partial charge in [-0.2, -0.15) is 0 Å². The maximum atomic E-state index is 13.0. The summed E-state index contributed by atoms with van der Waals surface area (Å²) in [4.78, 5) is 25.1. The second-order valence-electron chi connectivity index (χ2n) is 25.6. The molecule has 0 saturated carbocycles. The SMILES string of the molecule is CCCCC/C=C/CC/C=C/C(O)C(COC1OC(CO)C(O)C(O)C1O)NC(=O)CCCCCCCCCCCCCCCCCC/C=C\CCCCCCCCCCCCCCOC(=O)CCCCCCCCCCCCCCCCCC. The zero-order chi connectivity index (χ0) is 61.6. The van der Waals surface area contributed by atoms with E-state index in [0.29, 0.717) is 19.4 Å². The number of carbonyl (C=O) groups excluding carboxylic acids is 2. The highest BCUT2D eigenvalue weighted by molar-refractivity contribution is 5.76. The van der Waals surface area contributed by atoms with Gasteiger partial charge >= 0.3 is 5.97 Å². The smallest absolute Gasteiger partial charge is 0.305 e. The lowest BCUT2D eigenvalue weighted by Crippen LogP contribution is -2.60. The lowest BCUT2D eigenvalue weighted by molar-refractivity contribution is -0.302. The lowest BCUT2D eigenvalue weighted by Gasteiger charge is -2.40. The molecule has 85 heavy (non-hydrogen) atoms. The molecular formula is C74H139NO10. The van der Waals surface area contributed by atoms with E-state index in [9.17, 15) is 35.1 Å². The maximum Gasteiger partial charge on any atom is 0.305 e. The Kier molecular flexibility index (Phi) is 60.4. The molecule has 1 heterocycles. The predicted octanol–water partition coefficient (Wildman–Crippen LogP) is 19.0. The quantitative estimate of drug-likeness (QED) is 0.0195. The van der Waals surface area contributed by atoms with Crippen LogP contribution in [0.5, 0.6) is 0 Å². The molecule has 11 heteroatoms. The molecule has 7 unspecified atom stereocenters. The molecule has 0 aliphatic carbocycles. The van der Waals surface area contributed by atoms with E-state index < -0.39 is 49.5 Å². The Morgan fingerprint density at radius 3 is 1.19 bits per heavy atom. The van der Waals surface area contributed by atoms with Crippen molar-refractivity contribution in [2.75, 3.05) is 19.8 Å². The topological polar surface area (TPSA) is 175 Å². The first-order chi connectivity index (χ1) is 41.7. The first-order valence-electron chi connectivity index (χ1n) is 36.8. The zero-order valence-electron chi connectivity index (χ0n) is 55.6. The molecule has 6 N–H and O–H groups in total. The highest BCUT2D eigenvalue weighted by Gasteiger charge is 2.44. The van der Waals surface area contributed by atoms with E-state index in [-0.39, 0.29) is 18.5 Å². The van der Waals surface area contributed by atoms with Gasteiger partial charge in [0.25, 0.3) is 0 Å². The molecule has 0 spiro atoms. The summed E-state index contributed by atoms with van der Waals surface area (Å²) in [5, 5.41) is 54.3. The largest absolute Gasteiger partial charge is 0.466 e. The van der Waals surface area contributed by atoms with Gasteiger partial charge in [-0.25, -0.2) is 0 Å². The van der Waals surface area contributed by atoms with Crippen molar-refractivity contribution in [3.05, 3.63) is 36.5 Å². The number of rotatable bonds is 65. The fourth-order valence-electron chi connectivity index (χ4n) is 11.7. The van der Waals surface area contributed by atoms with Crippen molar-refractivity contribution >= 4 is 11.9 Å². The van der Waals surface area contributed by atoms with Gasteiger partial charge in [0.1, 0.15) is 24.4 Å². The van der Waals surface area contributed by atoms with E-state index in [1.807, 2.05) is 6.08 Å². The van der Waals surface area contributed by atoms with Crippen LogP contribution in [0.2, 0.25) is 0 Å². The summed E-state index contributed by atoms with van der Waals surface area (Å²) in [7, 11) is 0. The van der Waals surface area contributed by atoms with E-state index in [1.165, 1.54) is 283 Å². The molecular weight excluding hydrogens is 1060 g/mol. The van der Waals surface area contributed by atoms with Crippen LogP contribution < -0.4 is 5.32 Å². The minimum absolute atomic E-state index is 0.0143. The van der Waals surface area contributed by atoms with E-state index in [2.05, 4.69) is 43.5 Å².